The Labute approximate surface area is 133 Å². The number of methoxy groups -OCH3 is 1. The van der Waals surface area contributed by atoms with Crippen molar-refractivity contribution < 1.29 is 18.7 Å². The molecule has 23 heavy (non-hydrogen) atoms. The molecule has 1 N–H and O–H groups in total. The average molecular weight is 316 g/mol. The lowest BCUT2D eigenvalue weighted by molar-refractivity contribution is -0.121. The molecule has 0 spiro atoms. The van der Waals surface area contributed by atoms with Gasteiger partial charge in [-0.15, -0.1) is 0 Å². The summed E-state index contributed by atoms with van der Waals surface area (Å²) < 4.78 is 24.0. The zero-order valence-corrected chi connectivity index (χ0v) is 12.7. The second-order valence-corrected chi connectivity index (χ2v) is 5.29. The van der Waals surface area contributed by atoms with Crippen LogP contribution < -0.4 is 14.8 Å². The first-order valence-corrected chi connectivity index (χ1v) is 7.37. The number of aromatic nitrogens is 1. The van der Waals surface area contributed by atoms with Gasteiger partial charge in [-0.05, 0) is 24.3 Å². The zero-order valence-electron chi connectivity index (χ0n) is 12.7. The molecule has 1 aliphatic heterocycles. The van der Waals surface area contributed by atoms with Crippen LogP contribution in [0.2, 0.25) is 0 Å². The van der Waals surface area contributed by atoms with Gasteiger partial charge < -0.3 is 14.8 Å². The standard InChI is InChI=1S/C17H17FN2O3/c1-22-17-4-2-3-12(19-17)10-16(21)20-14-7-8-23-15-6-5-11(18)9-13(14)15/h2-6,9,14H,7-8,10H2,1H3,(H,20,21)/t14-/m1/s1. The normalized spacial score (nSPS) is 16.2. The highest BCUT2D eigenvalue weighted by molar-refractivity contribution is 5.78. The van der Waals surface area contributed by atoms with Crippen LogP contribution in [0.1, 0.15) is 23.7 Å². The van der Waals surface area contributed by atoms with E-state index in [-0.39, 0.29) is 24.2 Å². The minimum atomic E-state index is -0.344. The number of nitrogens with zero attached hydrogens (tertiary/aromatic N) is 1. The average Bonchev–Trinajstić information content (AvgIpc) is 2.55. The first-order chi connectivity index (χ1) is 11.2. The summed E-state index contributed by atoms with van der Waals surface area (Å²) in [4.78, 5) is 16.5. The van der Waals surface area contributed by atoms with Crippen molar-refractivity contribution in [1.82, 2.24) is 10.3 Å². The number of hydrogen-bond acceptors (Lipinski definition) is 4. The molecule has 0 bridgehead atoms. The van der Waals surface area contributed by atoms with Gasteiger partial charge in [0.1, 0.15) is 11.6 Å². The highest BCUT2D eigenvalue weighted by atomic mass is 19.1. The number of ether oxygens (including phenoxy) is 2. The van der Waals surface area contributed by atoms with E-state index in [0.717, 1.165) is 0 Å². The lowest BCUT2D eigenvalue weighted by atomic mass is 10.00. The van der Waals surface area contributed by atoms with Crippen molar-refractivity contribution >= 4 is 5.91 Å². The topological polar surface area (TPSA) is 60.5 Å². The van der Waals surface area contributed by atoms with Crippen molar-refractivity contribution in [2.45, 2.75) is 18.9 Å². The minimum absolute atomic E-state index is 0.138. The van der Waals surface area contributed by atoms with E-state index in [0.29, 0.717) is 35.9 Å². The number of pyridine rings is 1. The molecular weight excluding hydrogens is 299 g/mol. The fourth-order valence-electron chi connectivity index (χ4n) is 2.59. The molecule has 0 aliphatic carbocycles. The molecule has 0 radical (unpaired) electrons. The molecule has 0 saturated carbocycles. The molecular formula is C17H17FN2O3. The summed E-state index contributed by atoms with van der Waals surface area (Å²) in [7, 11) is 1.53. The minimum Gasteiger partial charge on any atom is -0.493 e. The molecule has 1 aliphatic rings. The lowest BCUT2D eigenvalue weighted by Crippen LogP contribution is -2.33. The molecule has 5 nitrogen and oxygen atoms in total. The van der Waals surface area contributed by atoms with E-state index in [9.17, 15) is 9.18 Å². The number of nitrogens with one attached hydrogen (secondary N) is 1. The molecule has 6 heteroatoms. The lowest BCUT2D eigenvalue weighted by Gasteiger charge is -2.26. The number of benzene rings is 1. The van der Waals surface area contributed by atoms with E-state index in [1.54, 1.807) is 24.3 Å². The molecule has 1 amide bonds. The van der Waals surface area contributed by atoms with Crippen LogP contribution in [0.5, 0.6) is 11.6 Å². The van der Waals surface area contributed by atoms with Gasteiger partial charge in [-0.3, -0.25) is 4.79 Å². The van der Waals surface area contributed by atoms with Gasteiger partial charge in [-0.25, -0.2) is 9.37 Å². The molecule has 120 valence electrons. The van der Waals surface area contributed by atoms with Crippen LogP contribution in [0.25, 0.3) is 0 Å². The molecule has 1 aromatic heterocycles. The SMILES string of the molecule is COc1cccc(CC(=O)N[C@@H]2CCOc3ccc(F)cc32)n1. The van der Waals surface area contributed by atoms with Crippen LogP contribution >= 0.6 is 0 Å². The van der Waals surface area contributed by atoms with Gasteiger partial charge in [0.15, 0.2) is 0 Å². The Balaban J connectivity index is 1.70. The van der Waals surface area contributed by atoms with Gasteiger partial charge >= 0.3 is 0 Å². The Morgan fingerprint density at radius 1 is 1.43 bits per heavy atom. The number of rotatable bonds is 4. The molecule has 1 aromatic carbocycles. The van der Waals surface area contributed by atoms with Crippen molar-refractivity contribution in [2.75, 3.05) is 13.7 Å². The highest BCUT2D eigenvalue weighted by Crippen LogP contribution is 2.32. The third-order valence-corrected chi connectivity index (χ3v) is 3.68. The number of hydrogen-bond donors (Lipinski definition) is 1. The summed E-state index contributed by atoms with van der Waals surface area (Å²) in [6.07, 6.45) is 0.743. The quantitative estimate of drug-likeness (QED) is 0.941. The van der Waals surface area contributed by atoms with E-state index in [2.05, 4.69) is 10.3 Å². The molecule has 3 rings (SSSR count). The van der Waals surface area contributed by atoms with Gasteiger partial charge in [-0.2, -0.15) is 0 Å². The zero-order chi connectivity index (χ0) is 16.2. The summed E-state index contributed by atoms with van der Waals surface area (Å²) in [6, 6.07) is 9.36. The molecule has 0 fully saturated rings. The van der Waals surface area contributed by atoms with Crippen molar-refractivity contribution in [3.63, 3.8) is 0 Å². The number of fused-ring (bicyclic) bond motifs is 1. The fraction of sp³-hybridized carbons (Fsp3) is 0.294. The van der Waals surface area contributed by atoms with E-state index in [1.165, 1.54) is 19.2 Å². The number of amides is 1. The summed E-state index contributed by atoms with van der Waals surface area (Å²) in [6.45, 7) is 0.487. The van der Waals surface area contributed by atoms with E-state index in [1.807, 2.05) is 0 Å². The molecule has 0 unspecified atom stereocenters. The van der Waals surface area contributed by atoms with Gasteiger partial charge in [-0.1, -0.05) is 6.07 Å². The summed E-state index contributed by atoms with van der Waals surface area (Å²) in [5.74, 6) is 0.562. The Morgan fingerprint density at radius 2 is 2.30 bits per heavy atom. The largest absolute Gasteiger partial charge is 0.493 e. The van der Waals surface area contributed by atoms with Crippen molar-refractivity contribution in [3.8, 4) is 11.6 Å². The van der Waals surface area contributed by atoms with Crippen LogP contribution in [0.15, 0.2) is 36.4 Å². The van der Waals surface area contributed by atoms with Crippen molar-refractivity contribution in [1.29, 1.82) is 0 Å². The van der Waals surface area contributed by atoms with Crippen LogP contribution in [0, 0.1) is 5.82 Å². The van der Waals surface area contributed by atoms with Crippen LogP contribution in [-0.2, 0) is 11.2 Å². The van der Waals surface area contributed by atoms with Crippen molar-refractivity contribution in [2.24, 2.45) is 0 Å². The number of halogens is 1. The van der Waals surface area contributed by atoms with Gasteiger partial charge in [0.05, 0.1) is 31.9 Å². The fourth-order valence-corrected chi connectivity index (χ4v) is 2.59. The Morgan fingerprint density at radius 3 is 3.13 bits per heavy atom. The number of carbonyl (C=O) groups is 1. The Kier molecular flexibility index (Phi) is 4.41. The maximum atomic E-state index is 13.4. The predicted molar refractivity (Wildman–Crippen MR) is 81.9 cm³/mol. The van der Waals surface area contributed by atoms with Gasteiger partial charge in [0, 0.05) is 18.1 Å². The monoisotopic (exact) mass is 316 g/mol. The van der Waals surface area contributed by atoms with E-state index in [4.69, 9.17) is 9.47 Å². The highest BCUT2D eigenvalue weighted by Gasteiger charge is 2.23. The summed E-state index contributed by atoms with van der Waals surface area (Å²) in [5, 5.41) is 2.92. The Hall–Kier alpha value is -2.63. The van der Waals surface area contributed by atoms with Crippen LogP contribution in [0.3, 0.4) is 0 Å². The van der Waals surface area contributed by atoms with Crippen LogP contribution in [-0.4, -0.2) is 24.6 Å². The molecule has 2 heterocycles. The Bertz CT molecular complexity index is 721. The maximum Gasteiger partial charge on any atom is 0.226 e. The third kappa shape index (κ3) is 3.59. The smallest absolute Gasteiger partial charge is 0.226 e. The summed E-state index contributed by atoms with van der Waals surface area (Å²) >= 11 is 0. The van der Waals surface area contributed by atoms with Crippen molar-refractivity contribution in [3.05, 3.63) is 53.5 Å². The number of carbonyl (C=O) groups excluding carboxylic acids is 1. The maximum absolute atomic E-state index is 13.4. The van der Waals surface area contributed by atoms with E-state index < -0.39 is 0 Å². The van der Waals surface area contributed by atoms with Crippen LogP contribution in [0.4, 0.5) is 4.39 Å². The molecule has 0 saturated heterocycles. The second-order valence-electron chi connectivity index (χ2n) is 5.29. The third-order valence-electron chi connectivity index (χ3n) is 3.68. The first kappa shape index (κ1) is 15.3. The predicted octanol–water partition coefficient (Wildman–Crippen LogP) is 2.41. The first-order valence-electron chi connectivity index (χ1n) is 7.37. The molecule has 1 atom stereocenters. The van der Waals surface area contributed by atoms with Gasteiger partial charge in [0.2, 0.25) is 11.8 Å². The molecule has 2 aromatic rings. The van der Waals surface area contributed by atoms with E-state index >= 15 is 0 Å². The van der Waals surface area contributed by atoms with Gasteiger partial charge in [0.25, 0.3) is 0 Å². The summed E-state index contributed by atoms with van der Waals surface area (Å²) in [5.41, 5.74) is 1.29. The second kappa shape index (κ2) is 6.64.